The van der Waals surface area contributed by atoms with Crippen LogP contribution in [0.4, 0.5) is 24.5 Å². The van der Waals surface area contributed by atoms with Crippen molar-refractivity contribution in [3.8, 4) is 45.7 Å². The van der Waals surface area contributed by atoms with E-state index in [0.29, 0.717) is 107 Å². The number of aliphatic hydroxyl groups is 2. The maximum absolute atomic E-state index is 15.0. The second-order valence-electron chi connectivity index (χ2n) is 31.5. The lowest BCUT2D eigenvalue weighted by Gasteiger charge is -2.32. The van der Waals surface area contributed by atoms with Gasteiger partial charge in [-0.25, -0.2) is 31.6 Å². The van der Waals surface area contributed by atoms with Gasteiger partial charge >= 0.3 is 19.1 Å². The second kappa shape index (κ2) is 35.8. The van der Waals surface area contributed by atoms with Crippen molar-refractivity contribution < 1.29 is 79.0 Å². The lowest BCUT2D eigenvalue weighted by atomic mass is 9.79. The number of halogens is 8. The normalized spacial score (nSPS) is 21.3. The molecule has 4 aromatic heterocycles. The molecule has 0 spiro atoms. The Morgan fingerprint density at radius 3 is 1.36 bits per heavy atom. The van der Waals surface area contributed by atoms with Gasteiger partial charge in [-0.3, -0.25) is 9.13 Å². The van der Waals surface area contributed by atoms with Crippen molar-refractivity contribution in [2.45, 2.75) is 153 Å². The van der Waals surface area contributed by atoms with E-state index in [1.54, 1.807) is 59.2 Å². The van der Waals surface area contributed by atoms with Crippen LogP contribution >= 0.6 is 77.7 Å². The van der Waals surface area contributed by atoms with Crippen LogP contribution in [0.25, 0.3) is 56.0 Å². The first-order valence-corrected chi connectivity index (χ1v) is 51.3. The highest BCUT2D eigenvalue weighted by molar-refractivity contribution is 14.1. The van der Waals surface area contributed by atoms with E-state index in [4.69, 9.17) is 90.3 Å². The van der Waals surface area contributed by atoms with Crippen LogP contribution in [0.3, 0.4) is 0 Å². The summed E-state index contributed by atoms with van der Waals surface area (Å²) < 4.78 is 137. The van der Waals surface area contributed by atoms with Gasteiger partial charge in [-0.05, 0) is 160 Å². The van der Waals surface area contributed by atoms with Gasteiger partial charge in [0.25, 0.3) is 0 Å². The molecule has 0 radical (unpaired) electrons. The van der Waals surface area contributed by atoms with Gasteiger partial charge in [-0.15, -0.1) is 0 Å². The molecule has 8 atom stereocenters. The summed E-state index contributed by atoms with van der Waals surface area (Å²) in [5.74, 6) is -1.07. The van der Waals surface area contributed by atoms with Gasteiger partial charge in [0.15, 0.2) is 23.5 Å². The molecule has 35 heteroatoms. The monoisotopic (exact) mass is 1880 g/mol. The Kier molecular flexibility index (Phi) is 28.0. The summed E-state index contributed by atoms with van der Waals surface area (Å²) in [6, 6.07) is 35.4. The first-order chi connectivity index (χ1) is 52.1. The fourth-order valence-electron chi connectivity index (χ4n) is 12.2. The average molecular weight is 1890 g/mol. The van der Waals surface area contributed by atoms with Gasteiger partial charge in [-0.1, -0.05) is 111 Å². The van der Waals surface area contributed by atoms with Gasteiger partial charge in [0.05, 0.1) is 79.4 Å². The van der Waals surface area contributed by atoms with Gasteiger partial charge in [-0.2, -0.15) is 18.7 Å². The topological polar surface area (TPSA) is 253 Å². The number of ether oxygens (including phenoxy) is 8. The minimum atomic E-state index is -2.41. The predicted octanol–water partition coefficient (Wildman–Crippen LogP) is 16.5. The number of benzene rings is 5. The van der Waals surface area contributed by atoms with E-state index in [0.717, 1.165) is 32.2 Å². The highest BCUT2D eigenvalue weighted by atomic mass is 127. The Morgan fingerprint density at radius 2 is 0.955 bits per heavy atom. The Balaban J connectivity index is 0.000000173. The van der Waals surface area contributed by atoms with Crippen molar-refractivity contribution in [2.75, 3.05) is 64.7 Å². The number of nitrogens with zero attached hydrogens (tertiary/aromatic N) is 8. The molecule has 22 nitrogen and oxygen atoms in total. The number of aliphatic hydroxyl groups excluding tert-OH is 2. The average Bonchev–Trinajstić information content (AvgIpc) is 1.62. The number of hydrogen-bond donors (Lipinski definition) is 2. The van der Waals surface area contributed by atoms with E-state index < -0.39 is 108 Å². The van der Waals surface area contributed by atoms with Crippen LogP contribution in [0.15, 0.2) is 133 Å². The van der Waals surface area contributed by atoms with Crippen LogP contribution in [0, 0.1) is 21.0 Å². The maximum Gasteiger partial charge on any atom is 0.494 e. The summed E-state index contributed by atoms with van der Waals surface area (Å²) in [6.45, 7) is 24.6. The summed E-state index contributed by atoms with van der Waals surface area (Å²) in [6.07, 6.45) is 2.17. The second-order valence-corrected chi connectivity index (χ2v) is 51.6. The van der Waals surface area contributed by atoms with E-state index in [1.807, 2.05) is 74.7 Å². The molecule has 5 aromatic carbocycles. The first kappa shape index (κ1) is 86.8. The number of imidazole rings is 2. The van der Waals surface area contributed by atoms with Crippen molar-refractivity contribution in [1.29, 1.82) is 0 Å². The van der Waals surface area contributed by atoms with Crippen LogP contribution < -0.4 is 14.9 Å². The molecule has 0 amide bonds. The molecule has 5 aliphatic rings. The van der Waals surface area contributed by atoms with Crippen molar-refractivity contribution >= 4 is 160 Å². The van der Waals surface area contributed by atoms with Crippen LogP contribution in [0.2, 0.25) is 61.4 Å². The van der Waals surface area contributed by atoms with E-state index in [1.165, 1.54) is 43.2 Å². The number of fused-ring (bicyclic) bond motifs is 4. The summed E-state index contributed by atoms with van der Waals surface area (Å²) in [7, 11) is -7.67. The molecule has 111 heavy (non-hydrogen) atoms. The molecular weight excluding hydrogens is 1790 g/mol. The summed E-state index contributed by atoms with van der Waals surface area (Å²) >= 11 is 21.7. The smallest absolute Gasteiger partial charge is 0.456 e. The van der Waals surface area contributed by atoms with E-state index >= 15 is 4.39 Å². The van der Waals surface area contributed by atoms with E-state index in [2.05, 4.69) is 102 Å². The molecule has 9 aromatic rings. The Bertz CT molecular complexity index is 5090. The predicted molar refractivity (Wildman–Crippen MR) is 450 cm³/mol. The largest absolute Gasteiger partial charge is 0.494 e. The molecule has 0 saturated carbocycles. The Labute approximate surface area is 688 Å². The van der Waals surface area contributed by atoms with E-state index in [-0.39, 0.29) is 45.2 Å². The number of hydrogen-bond acceptors (Lipinski definition) is 20. The highest BCUT2D eigenvalue weighted by Gasteiger charge is 2.53. The third-order valence-corrected chi connectivity index (χ3v) is 26.0. The van der Waals surface area contributed by atoms with Crippen LogP contribution in [-0.2, 0) is 70.6 Å². The van der Waals surface area contributed by atoms with Crippen molar-refractivity contribution in [2.24, 2.45) is 8.73 Å². The number of pyridine rings is 2. The minimum absolute atomic E-state index is 0.168. The highest BCUT2D eigenvalue weighted by Crippen LogP contribution is 2.40. The molecule has 5 saturated heterocycles. The van der Waals surface area contributed by atoms with Gasteiger partial charge in [0.1, 0.15) is 78.6 Å². The van der Waals surface area contributed by atoms with Crippen molar-refractivity contribution in [3.05, 3.63) is 155 Å². The molecule has 2 N–H and O–H groups in total. The molecule has 5 fully saturated rings. The van der Waals surface area contributed by atoms with Gasteiger partial charge in [0.2, 0.25) is 0 Å². The van der Waals surface area contributed by atoms with Crippen molar-refractivity contribution in [1.82, 2.24) is 29.1 Å². The van der Waals surface area contributed by atoms with Crippen LogP contribution in [0.5, 0.6) is 12.0 Å². The van der Waals surface area contributed by atoms with Crippen LogP contribution in [-0.4, -0.2) is 196 Å². The minimum Gasteiger partial charge on any atom is -0.456 e. The fraction of sp³-hybridized carbons (Fsp3) is 0.447. The summed E-state index contributed by atoms with van der Waals surface area (Å²) in [4.78, 5) is 19.3. The zero-order valence-electron chi connectivity index (χ0n) is 63.9. The third-order valence-electron chi connectivity index (χ3n) is 18.8. The Morgan fingerprint density at radius 1 is 0.559 bits per heavy atom. The number of rotatable bonds is 20. The molecular formula is C76H91BBr2Cl2F3IN8O14S2Si2. The molecule has 9 heterocycles. The zero-order chi connectivity index (χ0) is 80.4. The van der Waals surface area contributed by atoms with E-state index in [9.17, 15) is 27.4 Å². The third kappa shape index (κ3) is 22.4. The summed E-state index contributed by atoms with van der Waals surface area (Å²) in [5.41, 5.74) is 6.85. The molecule has 0 aliphatic carbocycles. The van der Waals surface area contributed by atoms with Gasteiger partial charge < -0.3 is 57.4 Å². The molecule has 598 valence electrons. The fourth-order valence-corrected chi connectivity index (χ4v) is 16.4. The van der Waals surface area contributed by atoms with Crippen LogP contribution in [0.1, 0.15) is 27.7 Å². The molecule has 14 rings (SSSR count). The Hall–Kier alpha value is -5.00. The summed E-state index contributed by atoms with van der Waals surface area (Å²) in [5, 5.41) is 21.2. The first-order valence-electron chi connectivity index (χ1n) is 35.8. The van der Waals surface area contributed by atoms with Gasteiger partial charge in [0, 0.05) is 106 Å². The molecule has 0 unspecified atom stereocenters. The maximum atomic E-state index is 15.0. The SMILES string of the molecule is CC1(C)OB(c2ccc(-c3nc4c(cc3Cl)nc(O[C@@H]3CO[C@H]5[C@@H]3OC[C@H]5O)n4COCC[Si](C)(C)C)cc2)OC1(C)C.CS(C)(=O)=Nc1ccc(Br)c(F)c1.C[Si](C)(C)CCOCn1c(O[C@@H]2CO[C@H]3[C@@H]2OC[C@H]3O)nc2cc(Cl)c(-c3ccc(-c4ccc(N=S(C)(C)=O)cc4F)cc3)nc21.Fc1cc(I)ccc1Br. The lowest BCUT2D eigenvalue weighted by molar-refractivity contribution is 0.00332. The zero-order valence-corrected chi connectivity index (χ0v) is 74.4. The quantitative estimate of drug-likeness (QED) is 0.0311. The lowest BCUT2D eigenvalue weighted by Crippen LogP contribution is -2.41. The number of aromatic nitrogens is 6. The van der Waals surface area contributed by atoms with Crippen molar-refractivity contribution in [3.63, 3.8) is 0 Å². The molecule has 5 aliphatic heterocycles. The standard InChI is InChI=1S/C32H38ClFN4O6SSi.C30H41BClN3O7Si.C8H9BrFNOS.C6H3BrFI/c1-45(2,40)37-21-10-11-22(24(34)14-21)19-6-8-20(9-7-19)28-23(33)15-25-31(36-28)38(18-41-12-13-46(3,4)5)32(35-25)44-27-17-43-29-26(39)16-42-30(27)29;1-29(2)30(3,4)42-31(41-29)19-10-8-18(9-11-19)24-20(32)14-21-27(34-24)35(17-37-12-13-43(5,6)7)28(33-21)40-23-16-39-25-22(36)15-38-26(23)25;1-13(2,12)11-6-3-4-7(9)8(10)5-6;7-5-2-1-4(9)3-6(5)8/h6-11,14-15,26-27,29-30,39H,12-13,16-18H2,1-5H3;8-11,14,22-23,25-26,36H,12-13,15-17H2,1-7H3;3-5H,1-2H3;1-3H/t26-,27-,29-,30-;22-,23-,25-,26-;;/m11../s1. The molecule has 0 bridgehead atoms.